The van der Waals surface area contributed by atoms with Crippen molar-refractivity contribution in [2.75, 3.05) is 6.26 Å². The van der Waals surface area contributed by atoms with Crippen LogP contribution in [0.25, 0.3) is 0 Å². The molecule has 0 heterocycles. The lowest BCUT2D eigenvalue weighted by molar-refractivity contribution is -0.380. The Hall–Kier alpha value is -1.93. The van der Waals surface area contributed by atoms with Crippen LogP contribution in [-0.2, 0) is 21.3 Å². The number of aryl methyl sites for hydroxylation is 1. The van der Waals surface area contributed by atoms with Gasteiger partial charge >= 0.3 is 5.96 Å². The second kappa shape index (κ2) is 7.19. The average Bonchev–Trinajstić information content (AvgIpc) is 2.69. The molecule has 0 saturated carbocycles. The van der Waals surface area contributed by atoms with Crippen molar-refractivity contribution in [3.05, 3.63) is 35.4 Å². The van der Waals surface area contributed by atoms with Crippen LogP contribution in [0.1, 0.15) is 29.9 Å². The highest BCUT2D eigenvalue weighted by Crippen LogP contribution is 2.34. The van der Waals surface area contributed by atoms with Crippen molar-refractivity contribution in [3.63, 3.8) is 0 Å². The highest BCUT2D eigenvalue weighted by molar-refractivity contribution is 7.84. The lowest BCUT2D eigenvalue weighted by atomic mass is 9.98. The third kappa shape index (κ3) is 6.87. The minimum absolute atomic E-state index is 0.0312. The van der Waals surface area contributed by atoms with E-state index in [1.807, 2.05) is 12.1 Å². The van der Waals surface area contributed by atoms with Crippen LogP contribution in [0.2, 0.25) is 0 Å². The van der Waals surface area contributed by atoms with Gasteiger partial charge in [-0.2, -0.15) is 0 Å². The molecule has 1 atom stereocenters. The number of hydrogen-bond acceptors (Lipinski definition) is 4. The summed E-state index contributed by atoms with van der Waals surface area (Å²) in [5, 5.41) is 0. The first-order valence-electron chi connectivity index (χ1n) is 6.33. The maximum atomic E-state index is 11.5. The predicted molar refractivity (Wildman–Crippen MR) is 77.1 cm³/mol. The van der Waals surface area contributed by atoms with Crippen molar-refractivity contribution in [1.82, 2.24) is 0 Å². The summed E-state index contributed by atoms with van der Waals surface area (Å²) >= 11 is 0. The Bertz CT molecular complexity index is 629. The van der Waals surface area contributed by atoms with Crippen LogP contribution in [0, 0.1) is 0 Å². The van der Waals surface area contributed by atoms with E-state index in [1.165, 1.54) is 11.1 Å². The van der Waals surface area contributed by atoms with Gasteiger partial charge in [-0.05, 0) is 29.9 Å². The fourth-order valence-corrected chi connectivity index (χ4v) is 2.29. The van der Waals surface area contributed by atoms with Crippen LogP contribution < -0.4 is 16.5 Å². The molecule has 0 aromatic heterocycles. The maximum Gasteiger partial charge on any atom is 0.346 e. The monoisotopic (exact) mass is 313 g/mol. The highest BCUT2D eigenvalue weighted by atomic mass is 32.2. The number of nitrogens with one attached hydrogen (secondary N) is 1. The Labute approximate surface area is 123 Å². The lowest BCUT2D eigenvalue weighted by Crippen LogP contribution is -2.81. The number of guanidine groups is 1. The molecule has 0 fully saturated rings. The van der Waals surface area contributed by atoms with Crippen molar-refractivity contribution < 1.29 is 22.8 Å². The number of carbonyl (C=O) groups is 1. The summed E-state index contributed by atoms with van der Waals surface area (Å²) in [5.74, 6) is 0.161. The SMILES string of the molecule is CS(=O)(=O)[O-].NC(N)=[NH+]C(=O)CC1CCc2ccccc21. The summed E-state index contributed by atoms with van der Waals surface area (Å²) in [6.07, 6.45) is 3.13. The Morgan fingerprint density at radius 2 is 1.95 bits per heavy atom. The molecular weight excluding hydrogens is 294 g/mol. The smallest absolute Gasteiger partial charge is 0.346 e. The van der Waals surface area contributed by atoms with Crippen LogP contribution in [0.4, 0.5) is 0 Å². The summed E-state index contributed by atoms with van der Waals surface area (Å²) in [5.41, 5.74) is 13.1. The van der Waals surface area contributed by atoms with E-state index in [4.69, 9.17) is 24.4 Å². The number of hydrogen-bond donors (Lipinski definition) is 3. The fourth-order valence-electron chi connectivity index (χ4n) is 2.29. The molecule has 0 aliphatic heterocycles. The molecule has 1 aromatic carbocycles. The Balaban J connectivity index is 0.000000383. The van der Waals surface area contributed by atoms with E-state index >= 15 is 0 Å². The lowest BCUT2D eigenvalue weighted by Gasteiger charge is -2.07. The number of fused-ring (bicyclic) bond motifs is 1. The van der Waals surface area contributed by atoms with Gasteiger partial charge in [0.25, 0.3) is 5.91 Å². The number of nitrogens with two attached hydrogens (primary N) is 2. The zero-order chi connectivity index (χ0) is 16.0. The van der Waals surface area contributed by atoms with Gasteiger partial charge in [-0.25, -0.2) is 13.4 Å². The van der Waals surface area contributed by atoms with Crippen molar-refractivity contribution in [1.29, 1.82) is 0 Å². The van der Waals surface area contributed by atoms with Gasteiger partial charge in [-0.15, -0.1) is 0 Å². The summed E-state index contributed by atoms with van der Waals surface area (Å²) in [4.78, 5) is 14.0. The van der Waals surface area contributed by atoms with Gasteiger partial charge in [0.15, 0.2) is 0 Å². The standard InChI is InChI=1S/C12H15N3O.CH4O3S/c13-12(14)15-11(16)7-9-6-5-8-3-1-2-4-10(8)9;1-5(2,3)4/h1-4,9H,5-7H2,(H4,13,14,15,16);1H3,(H,2,3,4). The summed E-state index contributed by atoms with van der Waals surface area (Å²) in [7, 11) is -3.92. The minimum Gasteiger partial charge on any atom is -0.748 e. The van der Waals surface area contributed by atoms with Crippen LogP contribution in [0.15, 0.2) is 24.3 Å². The molecule has 0 radical (unpaired) electrons. The van der Waals surface area contributed by atoms with E-state index < -0.39 is 10.1 Å². The van der Waals surface area contributed by atoms with E-state index in [2.05, 4.69) is 17.1 Å². The van der Waals surface area contributed by atoms with Gasteiger partial charge in [0.2, 0.25) is 0 Å². The summed E-state index contributed by atoms with van der Waals surface area (Å²) in [6, 6.07) is 8.26. The van der Waals surface area contributed by atoms with Crippen molar-refractivity contribution >= 4 is 22.0 Å². The number of benzene rings is 1. The number of rotatable bonds is 2. The minimum atomic E-state index is -3.92. The summed E-state index contributed by atoms with van der Waals surface area (Å²) in [6.45, 7) is 0. The molecule has 0 bridgehead atoms. The van der Waals surface area contributed by atoms with Gasteiger partial charge < -0.3 is 4.55 Å². The molecule has 2 rings (SSSR count). The van der Waals surface area contributed by atoms with Crippen molar-refractivity contribution in [2.45, 2.75) is 25.2 Å². The topological polar surface area (TPSA) is 140 Å². The fraction of sp³-hybridized carbons (Fsp3) is 0.385. The molecule has 1 aliphatic rings. The molecule has 1 amide bonds. The molecule has 1 aromatic rings. The van der Waals surface area contributed by atoms with Gasteiger partial charge in [-0.1, -0.05) is 24.3 Å². The molecule has 5 N–H and O–H groups in total. The van der Waals surface area contributed by atoms with Crippen molar-refractivity contribution in [2.24, 2.45) is 11.5 Å². The van der Waals surface area contributed by atoms with Gasteiger partial charge in [0.1, 0.15) is 0 Å². The van der Waals surface area contributed by atoms with Crippen LogP contribution in [0.3, 0.4) is 0 Å². The average molecular weight is 313 g/mol. The first-order chi connectivity index (χ1) is 9.66. The Kier molecular flexibility index (Phi) is 5.86. The second-order valence-electron chi connectivity index (χ2n) is 4.85. The third-order valence-corrected chi connectivity index (χ3v) is 2.97. The van der Waals surface area contributed by atoms with E-state index in [0.29, 0.717) is 18.6 Å². The maximum absolute atomic E-state index is 11.5. The van der Waals surface area contributed by atoms with Gasteiger partial charge in [0.05, 0.1) is 10.1 Å². The molecule has 7 nitrogen and oxygen atoms in total. The zero-order valence-electron chi connectivity index (χ0n) is 11.7. The van der Waals surface area contributed by atoms with Crippen LogP contribution in [-0.4, -0.2) is 31.1 Å². The molecular formula is C13H19N3O4S. The third-order valence-electron chi connectivity index (χ3n) is 2.97. The molecule has 0 saturated heterocycles. The van der Waals surface area contributed by atoms with Gasteiger partial charge in [0, 0.05) is 12.7 Å². The van der Waals surface area contributed by atoms with E-state index in [1.54, 1.807) is 0 Å². The van der Waals surface area contributed by atoms with E-state index in [-0.39, 0.29) is 11.9 Å². The molecule has 8 heteroatoms. The Morgan fingerprint density at radius 3 is 2.52 bits per heavy atom. The first-order valence-corrected chi connectivity index (χ1v) is 8.15. The molecule has 0 spiro atoms. The number of carbonyl (C=O) groups excluding carboxylic acids is 1. The largest absolute Gasteiger partial charge is 0.748 e. The second-order valence-corrected chi connectivity index (χ2v) is 6.25. The highest BCUT2D eigenvalue weighted by Gasteiger charge is 2.24. The molecule has 1 unspecified atom stereocenters. The first kappa shape index (κ1) is 17.1. The quantitative estimate of drug-likeness (QED) is 0.332. The predicted octanol–water partition coefficient (Wildman–Crippen LogP) is -1.85. The van der Waals surface area contributed by atoms with E-state index in [9.17, 15) is 4.79 Å². The zero-order valence-corrected chi connectivity index (χ0v) is 12.5. The molecule has 116 valence electrons. The normalized spacial score (nSPS) is 16.4. The Morgan fingerprint density at radius 1 is 1.38 bits per heavy atom. The van der Waals surface area contributed by atoms with Crippen LogP contribution in [0.5, 0.6) is 0 Å². The van der Waals surface area contributed by atoms with Crippen molar-refractivity contribution in [3.8, 4) is 0 Å². The number of amides is 1. The van der Waals surface area contributed by atoms with E-state index in [0.717, 1.165) is 12.8 Å². The summed E-state index contributed by atoms with van der Waals surface area (Å²) < 4.78 is 27.2. The molecule has 1 aliphatic carbocycles. The van der Waals surface area contributed by atoms with Gasteiger partial charge in [-0.3, -0.25) is 16.3 Å². The van der Waals surface area contributed by atoms with Crippen LogP contribution >= 0.6 is 0 Å². The molecule has 21 heavy (non-hydrogen) atoms.